The second-order valence-corrected chi connectivity index (χ2v) is 5.12. The number of methoxy groups -OCH3 is 2. The summed E-state index contributed by atoms with van der Waals surface area (Å²) >= 11 is 0. The molecule has 24 heavy (non-hydrogen) atoms. The molecule has 2 rings (SSSR count). The summed E-state index contributed by atoms with van der Waals surface area (Å²) in [4.78, 5) is 12.2. The SMILES string of the molecule is COc1ccc(CN(C)c2ccc([N+](=O)[O-])cc2C#N)cc1OC. The number of nitro benzene ring substituents is 1. The Balaban J connectivity index is 2.28. The topological polar surface area (TPSA) is 88.6 Å². The first-order valence-corrected chi connectivity index (χ1v) is 7.10. The minimum Gasteiger partial charge on any atom is -0.493 e. The maximum Gasteiger partial charge on any atom is 0.270 e. The van der Waals surface area contributed by atoms with Gasteiger partial charge in [-0.05, 0) is 23.8 Å². The first-order chi connectivity index (χ1) is 11.5. The Kier molecular flexibility index (Phi) is 5.22. The molecule has 0 N–H and O–H groups in total. The van der Waals surface area contributed by atoms with Gasteiger partial charge in [-0.15, -0.1) is 0 Å². The quantitative estimate of drug-likeness (QED) is 0.598. The number of benzene rings is 2. The van der Waals surface area contributed by atoms with Crippen LogP contribution in [0.3, 0.4) is 0 Å². The molecule has 0 heterocycles. The van der Waals surface area contributed by atoms with Crippen LogP contribution in [0.25, 0.3) is 0 Å². The molecule has 0 radical (unpaired) electrons. The number of nitrogens with zero attached hydrogens (tertiary/aromatic N) is 3. The van der Waals surface area contributed by atoms with Crippen LogP contribution in [-0.4, -0.2) is 26.2 Å². The second-order valence-electron chi connectivity index (χ2n) is 5.12. The Hall–Kier alpha value is -3.27. The van der Waals surface area contributed by atoms with E-state index in [2.05, 4.69) is 0 Å². The smallest absolute Gasteiger partial charge is 0.270 e. The average Bonchev–Trinajstić information content (AvgIpc) is 2.60. The minimum absolute atomic E-state index is 0.102. The molecule has 0 fully saturated rings. The van der Waals surface area contributed by atoms with Crippen molar-refractivity contribution in [3.8, 4) is 17.6 Å². The van der Waals surface area contributed by atoms with E-state index in [1.165, 1.54) is 12.1 Å². The largest absolute Gasteiger partial charge is 0.493 e. The summed E-state index contributed by atoms with van der Waals surface area (Å²) in [6.07, 6.45) is 0. The Labute approximate surface area is 139 Å². The average molecular weight is 327 g/mol. The number of ether oxygens (including phenoxy) is 2. The molecule has 0 aliphatic heterocycles. The van der Waals surface area contributed by atoms with Gasteiger partial charge in [-0.1, -0.05) is 6.07 Å². The zero-order valence-electron chi connectivity index (χ0n) is 13.6. The van der Waals surface area contributed by atoms with E-state index in [-0.39, 0.29) is 11.3 Å². The van der Waals surface area contributed by atoms with Gasteiger partial charge in [-0.3, -0.25) is 10.1 Å². The van der Waals surface area contributed by atoms with Crippen molar-refractivity contribution in [2.75, 3.05) is 26.2 Å². The van der Waals surface area contributed by atoms with Gasteiger partial charge in [-0.25, -0.2) is 0 Å². The molecule has 0 aromatic heterocycles. The molecule has 0 aliphatic rings. The normalized spacial score (nSPS) is 9.92. The Bertz CT molecular complexity index is 799. The molecular weight excluding hydrogens is 310 g/mol. The van der Waals surface area contributed by atoms with Crippen LogP contribution in [0, 0.1) is 21.4 Å². The van der Waals surface area contributed by atoms with Crippen molar-refractivity contribution in [2.24, 2.45) is 0 Å². The van der Waals surface area contributed by atoms with Gasteiger partial charge >= 0.3 is 0 Å². The summed E-state index contributed by atoms with van der Waals surface area (Å²) < 4.78 is 10.5. The predicted octanol–water partition coefficient (Wildman–Crippen LogP) is 3.12. The van der Waals surface area contributed by atoms with Gasteiger partial charge in [-0.2, -0.15) is 5.26 Å². The van der Waals surface area contributed by atoms with E-state index in [0.29, 0.717) is 23.7 Å². The Morgan fingerprint density at radius 3 is 2.46 bits per heavy atom. The van der Waals surface area contributed by atoms with Gasteiger partial charge in [0.25, 0.3) is 5.69 Å². The van der Waals surface area contributed by atoms with E-state index in [1.807, 2.05) is 36.2 Å². The molecule has 124 valence electrons. The molecule has 0 aliphatic carbocycles. The van der Waals surface area contributed by atoms with Crippen molar-refractivity contribution in [1.82, 2.24) is 0 Å². The number of hydrogen-bond acceptors (Lipinski definition) is 6. The molecule has 7 heteroatoms. The monoisotopic (exact) mass is 327 g/mol. The van der Waals surface area contributed by atoms with Crippen molar-refractivity contribution in [3.63, 3.8) is 0 Å². The van der Waals surface area contributed by atoms with Gasteiger partial charge in [0.2, 0.25) is 0 Å². The standard InChI is InChI=1S/C17H17N3O4/c1-19(11-12-4-7-16(23-2)17(8-12)24-3)15-6-5-14(20(21)22)9-13(15)10-18/h4-9H,11H2,1-3H3. The van der Waals surface area contributed by atoms with Crippen molar-refractivity contribution in [1.29, 1.82) is 5.26 Å². The third kappa shape index (κ3) is 3.55. The van der Waals surface area contributed by atoms with Crippen LogP contribution in [0.4, 0.5) is 11.4 Å². The number of nitriles is 1. The van der Waals surface area contributed by atoms with E-state index < -0.39 is 4.92 Å². The number of rotatable bonds is 6. The molecule has 0 atom stereocenters. The van der Waals surface area contributed by atoms with E-state index in [9.17, 15) is 15.4 Å². The number of non-ortho nitro benzene ring substituents is 1. The van der Waals surface area contributed by atoms with E-state index in [0.717, 1.165) is 5.56 Å². The van der Waals surface area contributed by atoms with Gasteiger partial charge < -0.3 is 14.4 Å². The fourth-order valence-corrected chi connectivity index (χ4v) is 2.40. The lowest BCUT2D eigenvalue weighted by Gasteiger charge is -2.21. The highest BCUT2D eigenvalue weighted by atomic mass is 16.6. The maximum atomic E-state index is 10.8. The van der Waals surface area contributed by atoms with E-state index >= 15 is 0 Å². The number of nitro groups is 1. The number of anilines is 1. The molecule has 2 aromatic carbocycles. The van der Waals surface area contributed by atoms with Gasteiger partial charge in [0, 0.05) is 25.7 Å². The fraction of sp³-hybridized carbons (Fsp3) is 0.235. The Morgan fingerprint density at radius 2 is 1.88 bits per heavy atom. The molecule has 7 nitrogen and oxygen atoms in total. The fourth-order valence-electron chi connectivity index (χ4n) is 2.40. The van der Waals surface area contributed by atoms with Crippen LogP contribution in [-0.2, 0) is 6.54 Å². The van der Waals surface area contributed by atoms with E-state index in [4.69, 9.17) is 9.47 Å². The summed E-state index contributed by atoms with van der Waals surface area (Å²) in [5.74, 6) is 1.25. The first-order valence-electron chi connectivity index (χ1n) is 7.10. The minimum atomic E-state index is -0.515. The lowest BCUT2D eigenvalue weighted by molar-refractivity contribution is -0.384. The van der Waals surface area contributed by atoms with Crippen LogP contribution < -0.4 is 14.4 Å². The van der Waals surface area contributed by atoms with Crippen LogP contribution in [0.15, 0.2) is 36.4 Å². The zero-order valence-corrected chi connectivity index (χ0v) is 13.6. The van der Waals surface area contributed by atoms with Crippen molar-refractivity contribution in [3.05, 3.63) is 57.6 Å². The van der Waals surface area contributed by atoms with Gasteiger partial charge in [0.1, 0.15) is 6.07 Å². The molecule has 0 saturated carbocycles. The van der Waals surface area contributed by atoms with Gasteiger partial charge in [0.05, 0.1) is 30.4 Å². The first kappa shape index (κ1) is 17.1. The lowest BCUT2D eigenvalue weighted by atomic mass is 10.1. The molecule has 0 bridgehead atoms. The summed E-state index contributed by atoms with van der Waals surface area (Å²) in [5, 5.41) is 20.1. The molecule has 0 unspecified atom stereocenters. The molecule has 0 amide bonds. The van der Waals surface area contributed by atoms with Crippen LogP contribution >= 0.6 is 0 Å². The zero-order chi connectivity index (χ0) is 17.7. The highest BCUT2D eigenvalue weighted by molar-refractivity contribution is 5.62. The van der Waals surface area contributed by atoms with Crippen molar-refractivity contribution >= 4 is 11.4 Å². The predicted molar refractivity (Wildman–Crippen MR) is 89.5 cm³/mol. The summed E-state index contributed by atoms with van der Waals surface area (Å²) in [7, 11) is 4.95. The Morgan fingerprint density at radius 1 is 1.17 bits per heavy atom. The third-order valence-electron chi connectivity index (χ3n) is 3.59. The molecule has 0 spiro atoms. The second kappa shape index (κ2) is 7.33. The molecule has 0 saturated heterocycles. The summed E-state index contributed by atoms with van der Waals surface area (Å²) in [6.45, 7) is 0.507. The van der Waals surface area contributed by atoms with Crippen LogP contribution in [0.2, 0.25) is 0 Å². The molecule has 2 aromatic rings. The number of hydrogen-bond donors (Lipinski definition) is 0. The highest BCUT2D eigenvalue weighted by Crippen LogP contribution is 2.30. The van der Waals surface area contributed by atoms with Crippen molar-refractivity contribution in [2.45, 2.75) is 6.54 Å². The third-order valence-corrected chi connectivity index (χ3v) is 3.59. The van der Waals surface area contributed by atoms with Gasteiger partial charge in [0.15, 0.2) is 11.5 Å². The lowest BCUT2D eigenvalue weighted by Crippen LogP contribution is -2.17. The molecular formula is C17H17N3O4. The van der Waals surface area contributed by atoms with Crippen LogP contribution in [0.5, 0.6) is 11.5 Å². The highest BCUT2D eigenvalue weighted by Gasteiger charge is 2.14. The maximum absolute atomic E-state index is 10.8. The van der Waals surface area contributed by atoms with Crippen LogP contribution in [0.1, 0.15) is 11.1 Å². The van der Waals surface area contributed by atoms with E-state index in [1.54, 1.807) is 20.3 Å². The summed E-state index contributed by atoms with van der Waals surface area (Å²) in [5.41, 5.74) is 1.73. The van der Waals surface area contributed by atoms with Crippen molar-refractivity contribution < 1.29 is 14.4 Å². The summed E-state index contributed by atoms with van der Waals surface area (Å²) in [6, 6.07) is 11.8.